The van der Waals surface area contributed by atoms with Crippen LogP contribution in [-0.4, -0.2) is 25.6 Å². The van der Waals surface area contributed by atoms with Crippen LogP contribution in [0.25, 0.3) is 16.7 Å². The van der Waals surface area contributed by atoms with E-state index < -0.39 is 0 Å². The molecule has 1 unspecified atom stereocenters. The van der Waals surface area contributed by atoms with Gasteiger partial charge in [-0.05, 0) is 37.6 Å². The second kappa shape index (κ2) is 6.99. The van der Waals surface area contributed by atoms with Crippen LogP contribution < -0.4 is 0 Å². The van der Waals surface area contributed by atoms with Gasteiger partial charge in [0.15, 0.2) is 0 Å². The van der Waals surface area contributed by atoms with Gasteiger partial charge in [0.05, 0.1) is 17.3 Å². The summed E-state index contributed by atoms with van der Waals surface area (Å²) in [7, 11) is 1.95. The Morgan fingerprint density at radius 3 is 2.83 bits per heavy atom. The number of benzene rings is 1. The van der Waals surface area contributed by atoms with Crippen molar-refractivity contribution in [2.45, 2.75) is 45.6 Å². The lowest BCUT2D eigenvalue weighted by atomic mass is 10.0. The molecule has 1 N–H and O–H groups in total. The first-order valence-corrected chi connectivity index (χ1v) is 8.86. The van der Waals surface area contributed by atoms with Crippen molar-refractivity contribution in [1.82, 2.24) is 14.3 Å². The average molecular weight is 346 g/mol. The minimum atomic E-state index is -0.331. The smallest absolute Gasteiger partial charge is 0.138 e. The maximum absolute atomic E-state index is 10.4. The van der Waals surface area contributed by atoms with E-state index in [0.717, 1.165) is 52.3 Å². The van der Waals surface area contributed by atoms with Crippen LogP contribution >= 0.6 is 11.6 Å². The molecular formula is C19H24ClN3O. The molecule has 0 bridgehead atoms. The Bertz CT molecular complexity index is 850. The Hall–Kier alpha value is -1.78. The van der Waals surface area contributed by atoms with Gasteiger partial charge in [0, 0.05) is 35.6 Å². The molecule has 1 aromatic carbocycles. The van der Waals surface area contributed by atoms with Crippen LogP contribution in [0.4, 0.5) is 0 Å². The van der Waals surface area contributed by atoms with Crippen LogP contribution in [0.1, 0.15) is 37.4 Å². The molecule has 0 spiro atoms. The molecule has 5 heteroatoms. The van der Waals surface area contributed by atoms with Gasteiger partial charge in [0.1, 0.15) is 5.82 Å². The van der Waals surface area contributed by atoms with Gasteiger partial charge < -0.3 is 9.67 Å². The first kappa shape index (κ1) is 17.1. The maximum Gasteiger partial charge on any atom is 0.138 e. The fraction of sp³-hybridized carbons (Fsp3) is 0.421. The number of fused-ring (bicyclic) bond motifs is 1. The quantitative estimate of drug-likeness (QED) is 0.718. The highest BCUT2D eigenvalue weighted by molar-refractivity contribution is 6.31. The van der Waals surface area contributed by atoms with Gasteiger partial charge in [0.25, 0.3) is 0 Å². The van der Waals surface area contributed by atoms with E-state index in [1.807, 2.05) is 43.0 Å². The Balaban J connectivity index is 2.03. The van der Waals surface area contributed by atoms with Crippen LogP contribution in [0.3, 0.4) is 0 Å². The molecule has 4 nitrogen and oxygen atoms in total. The first-order valence-electron chi connectivity index (χ1n) is 8.48. The zero-order valence-corrected chi connectivity index (χ0v) is 15.2. The summed E-state index contributed by atoms with van der Waals surface area (Å²) in [5.41, 5.74) is 3.17. The predicted molar refractivity (Wildman–Crippen MR) is 99.0 cm³/mol. The minimum absolute atomic E-state index is 0.331. The fourth-order valence-electron chi connectivity index (χ4n) is 3.31. The van der Waals surface area contributed by atoms with Crippen molar-refractivity contribution < 1.29 is 5.11 Å². The molecule has 2 aromatic heterocycles. The summed E-state index contributed by atoms with van der Waals surface area (Å²) in [6.07, 6.45) is 5.30. The van der Waals surface area contributed by atoms with Crippen molar-refractivity contribution >= 4 is 22.5 Å². The minimum Gasteiger partial charge on any atom is -0.393 e. The van der Waals surface area contributed by atoms with E-state index in [2.05, 4.69) is 22.7 Å². The van der Waals surface area contributed by atoms with Gasteiger partial charge in [-0.1, -0.05) is 31.4 Å². The molecule has 0 radical (unpaired) electrons. The summed E-state index contributed by atoms with van der Waals surface area (Å²) in [4.78, 5) is 0. The zero-order chi connectivity index (χ0) is 17.3. The monoisotopic (exact) mass is 345 g/mol. The number of aryl methyl sites for hydroxylation is 2. The van der Waals surface area contributed by atoms with Gasteiger partial charge in [0.2, 0.25) is 0 Å². The average Bonchev–Trinajstić information content (AvgIpc) is 3.05. The first-order chi connectivity index (χ1) is 11.5. The van der Waals surface area contributed by atoms with E-state index in [1.165, 1.54) is 0 Å². The van der Waals surface area contributed by atoms with E-state index in [-0.39, 0.29) is 6.10 Å². The lowest BCUT2D eigenvalue weighted by Crippen LogP contribution is -2.13. The molecule has 24 heavy (non-hydrogen) atoms. The molecule has 0 aliphatic heterocycles. The van der Waals surface area contributed by atoms with Crippen LogP contribution in [0.15, 0.2) is 30.5 Å². The molecule has 0 fully saturated rings. The van der Waals surface area contributed by atoms with Gasteiger partial charge in [-0.15, -0.1) is 0 Å². The van der Waals surface area contributed by atoms with E-state index in [1.54, 1.807) is 0 Å². The summed E-state index contributed by atoms with van der Waals surface area (Å²) in [6, 6.07) is 7.95. The molecule has 0 saturated carbocycles. The third-order valence-electron chi connectivity index (χ3n) is 4.52. The Morgan fingerprint density at radius 1 is 1.29 bits per heavy atom. The molecule has 3 aromatic rings. The Morgan fingerprint density at radius 2 is 2.08 bits per heavy atom. The summed E-state index contributed by atoms with van der Waals surface area (Å²) in [5, 5.41) is 16.8. The third kappa shape index (κ3) is 3.21. The van der Waals surface area contributed by atoms with Crippen LogP contribution in [0.5, 0.6) is 0 Å². The second-order valence-electron chi connectivity index (χ2n) is 6.40. The van der Waals surface area contributed by atoms with Crippen molar-refractivity contribution in [3.05, 3.63) is 46.7 Å². The lowest BCUT2D eigenvalue weighted by Gasteiger charge is -2.13. The van der Waals surface area contributed by atoms with E-state index in [0.29, 0.717) is 6.42 Å². The molecule has 0 amide bonds. The van der Waals surface area contributed by atoms with Crippen LogP contribution in [0, 0.1) is 6.92 Å². The predicted octanol–water partition coefficient (Wildman–Crippen LogP) is 4.42. The highest BCUT2D eigenvalue weighted by Crippen LogP contribution is 2.27. The summed E-state index contributed by atoms with van der Waals surface area (Å²) in [5.74, 6) is 1.01. The maximum atomic E-state index is 10.4. The largest absolute Gasteiger partial charge is 0.393 e. The lowest BCUT2D eigenvalue weighted by molar-refractivity contribution is 0.161. The van der Waals surface area contributed by atoms with Gasteiger partial charge >= 0.3 is 0 Å². The zero-order valence-electron chi connectivity index (χ0n) is 14.5. The molecule has 0 aliphatic carbocycles. The van der Waals surface area contributed by atoms with Crippen LogP contribution in [-0.2, 0) is 13.5 Å². The molecule has 3 rings (SSSR count). The normalized spacial score (nSPS) is 12.9. The van der Waals surface area contributed by atoms with Gasteiger partial charge in [-0.25, -0.2) is 0 Å². The van der Waals surface area contributed by atoms with Crippen molar-refractivity contribution in [1.29, 1.82) is 0 Å². The topological polar surface area (TPSA) is 43.0 Å². The van der Waals surface area contributed by atoms with Crippen molar-refractivity contribution in [2.75, 3.05) is 0 Å². The summed E-state index contributed by atoms with van der Waals surface area (Å²) in [6.45, 7) is 4.15. The molecule has 0 saturated heterocycles. The standard InChI is InChI=1S/C19H24ClN3O/c1-4-5-6-16(24)12-17-13(2)21-22(3)19(17)23-10-9-14-11-15(20)7-8-18(14)23/h7-11,16,24H,4-6,12H2,1-3H3. The number of hydrogen-bond acceptors (Lipinski definition) is 2. The number of nitrogens with zero attached hydrogens (tertiary/aromatic N) is 3. The number of aromatic nitrogens is 3. The number of halogens is 1. The van der Waals surface area contributed by atoms with Crippen molar-refractivity contribution in [3.8, 4) is 5.82 Å². The van der Waals surface area contributed by atoms with Crippen LogP contribution in [0.2, 0.25) is 5.02 Å². The number of hydrogen-bond donors (Lipinski definition) is 1. The fourth-order valence-corrected chi connectivity index (χ4v) is 3.49. The Labute approximate surface area is 147 Å². The van der Waals surface area contributed by atoms with E-state index >= 15 is 0 Å². The SMILES string of the molecule is CCCCC(O)Cc1c(C)nn(C)c1-n1ccc2cc(Cl)ccc21. The van der Waals surface area contributed by atoms with Crippen molar-refractivity contribution in [3.63, 3.8) is 0 Å². The van der Waals surface area contributed by atoms with Gasteiger partial charge in [-0.2, -0.15) is 5.10 Å². The molecule has 1 atom stereocenters. The third-order valence-corrected chi connectivity index (χ3v) is 4.76. The second-order valence-corrected chi connectivity index (χ2v) is 6.84. The highest BCUT2D eigenvalue weighted by atomic mass is 35.5. The number of unbranched alkanes of at least 4 members (excludes halogenated alkanes) is 1. The molecule has 128 valence electrons. The number of aliphatic hydroxyl groups is 1. The molecule has 2 heterocycles. The van der Waals surface area contributed by atoms with E-state index in [4.69, 9.17) is 11.6 Å². The van der Waals surface area contributed by atoms with Gasteiger partial charge in [-0.3, -0.25) is 4.68 Å². The molecule has 0 aliphatic rings. The highest BCUT2D eigenvalue weighted by Gasteiger charge is 2.19. The molecular weight excluding hydrogens is 322 g/mol. The van der Waals surface area contributed by atoms with E-state index in [9.17, 15) is 5.11 Å². The Kier molecular flexibility index (Phi) is 4.97. The number of rotatable bonds is 6. The summed E-state index contributed by atoms with van der Waals surface area (Å²) >= 11 is 6.10. The number of aliphatic hydroxyl groups excluding tert-OH is 1. The van der Waals surface area contributed by atoms with Crippen molar-refractivity contribution in [2.24, 2.45) is 7.05 Å². The summed E-state index contributed by atoms with van der Waals surface area (Å²) < 4.78 is 4.03.